The molecule has 1 N–H and O–H groups in total. The highest BCUT2D eigenvalue weighted by Crippen LogP contribution is 2.32. The maximum atomic E-state index is 12.7. The van der Waals surface area contributed by atoms with Crippen LogP contribution in [-0.4, -0.2) is 15.5 Å². The number of sulfonamides is 1. The number of anilines is 1. The van der Waals surface area contributed by atoms with E-state index in [1.807, 2.05) is 19.9 Å². The van der Waals surface area contributed by atoms with Gasteiger partial charge in [0.15, 0.2) is 0 Å². The van der Waals surface area contributed by atoms with E-state index in [0.29, 0.717) is 10.7 Å². The van der Waals surface area contributed by atoms with Gasteiger partial charge >= 0.3 is 0 Å². The lowest BCUT2D eigenvalue weighted by molar-refractivity contribution is 0.402. The van der Waals surface area contributed by atoms with E-state index in [1.165, 1.54) is 13.2 Å². The van der Waals surface area contributed by atoms with E-state index >= 15 is 0 Å². The van der Waals surface area contributed by atoms with E-state index in [0.717, 1.165) is 16.7 Å². The molecule has 0 heterocycles. The van der Waals surface area contributed by atoms with Crippen LogP contribution in [0.1, 0.15) is 16.7 Å². The molecule has 0 fully saturated rings. The molecule has 0 spiro atoms. The van der Waals surface area contributed by atoms with Crippen LogP contribution < -0.4 is 9.46 Å². The Balaban J connectivity index is 2.52. The molecule has 0 unspecified atom stereocenters. The summed E-state index contributed by atoms with van der Waals surface area (Å²) in [6, 6.07) is 8.47. The number of methoxy groups -OCH3 is 1. The van der Waals surface area contributed by atoms with Crippen molar-refractivity contribution in [1.29, 1.82) is 0 Å². The van der Waals surface area contributed by atoms with Gasteiger partial charge in [0.05, 0.1) is 12.8 Å². The maximum absolute atomic E-state index is 12.7. The molecule has 0 radical (unpaired) electrons. The van der Waals surface area contributed by atoms with Crippen molar-refractivity contribution >= 4 is 27.3 Å². The number of halogens is 1. The van der Waals surface area contributed by atoms with Gasteiger partial charge in [0.25, 0.3) is 10.0 Å². The number of rotatable bonds is 4. The molecule has 0 aliphatic carbocycles. The Morgan fingerprint density at radius 2 is 1.77 bits per heavy atom. The lowest BCUT2D eigenvalue weighted by Crippen LogP contribution is -2.15. The van der Waals surface area contributed by atoms with Gasteiger partial charge in [0.1, 0.15) is 10.6 Å². The third-order valence-electron chi connectivity index (χ3n) is 3.58. The summed E-state index contributed by atoms with van der Waals surface area (Å²) in [4.78, 5) is 0.0199. The molecule has 22 heavy (non-hydrogen) atoms. The van der Waals surface area contributed by atoms with Crippen LogP contribution >= 0.6 is 11.6 Å². The first-order valence-electron chi connectivity index (χ1n) is 6.69. The van der Waals surface area contributed by atoms with Crippen LogP contribution in [-0.2, 0) is 10.0 Å². The molecular weight excluding hydrogens is 322 g/mol. The van der Waals surface area contributed by atoms with Crippen molar-refractivity contribution < 1.29 is 13.2 Å². The van der Waals surface area contributed by atoms with Crippen molar-refractivity contribution in [2.24, 2.45) is 0 Å². The zero-order chi connectivity index (χ0) is 16.5. The minimum atomic E-state index is -3.79. The molecule has 0 aliphatic heterocycles. The van der Waals surface area contributed by atoms with Crippen LogP contribution in [0.3, 0.4) is 0 Å². The van der Waals surface area contributed by atoms with Crippen LogP contribution in [0.5, 0.6) is 5.75 Å². The second-order valence-corrected chi connectivity index (χ2v) is 7.16. The SMILES string of the molecule is COc1cc(C)c(Cl)cc1S(=O)(=O)Nc1cccc(C)c1C. The molecule has 6 heteroatoms. The number of ether oxygens (including phenoxy) is 1. The van der Waals surface area contributed by atoms with Crippen molar-refractivity contribution in [3.8, 4) is 5.75 Å². The first-order chi connectivity index (χ1) is 10.3. The molecule has 0 saturated carbocycles. The highest BCUT2D eigenvalue weighted by molar-refractivity contribution is 7.92. The Bertz CT molecular complexity index is 816. The third kappa shape index (κ3) is 3.20. The molecule has 4 nitrogen and oxygen atoms in total. The molecule has 118 valence electrons. The average Bonchev–Trinajstić information content (AvgIpc) is 2.46. The second kappa shape index (κ2) is 6.18. The molecule has 0 aromatic heterocycles. The molecule has 2 aromatic carbocycles. The normalized spacial score (nSPS) is 11.3. The average molecular weight is 340 g/mol. The van der Waals surface area contributed by atoms with Crippen molar-refractivity contribution in [3.63, 3.8) is 0 Å². The topological polar surface area (TPSA) is 55.4 Å². The lowest BCUT2D eigenvalue weighted by Gasteiger charge is -2.15. The molecule has 2 rings (SSSR count). The molecular formula is C16H18ClNO3S. The highest BCUT2D eigenvalue weighted by Gasteiger charge is 2.22. The predicted molar refractivity (Wildman–Crippen MR) is 89.5 cm³/mol. The quantitative estimate of drug-likeness (QED) is 0.913. The number of nitrogens with one attached hydrogen (secondary N) is 1. The van der Waals surface area contributed by atoms with E-state index in [9.17, 15) is 8.42 Å². The summed E-state index contributed by atoms with van der Waals surface area (Å²) < 4.78 is 33.1. The Morgan fingerprint density at radius 3 is 2.41 bits per heavy atom. The van der Waals surface area contributed by atoms with Crippen molar-refractivity contribution in [3.05, 3.63) is 52.0 Å². The Morgan fingerprint density at radius 1 is 1.09 bits per heavy atom. The zero-order valence-electron chi connectivity index (χ0n) is 12.9. The fraction of sp³-hybridized carbons (Fsp3) is 0.250. The van der Waals surface area contributed by atoms with Crippen LogP contribution in [0.15, 0.2) is 35.2 Å². The van der Waals surface area contributed by atoms with Gasteiger partial charge in [0.2, 0.25) is 0 Å². The van der Waals surface area contributed by atoms with Gasteiger partial charge in [0, 0.05) is 5.02 Å². The van der Waals surface area contributed by atoms with E-state index in [1.54, 1.807) is 25.1 Å². The summed E-state index contributed by atoms with van der Waals surface area (Å²) in [5.74, 6) is 0.264. The van der Waals surface area contributed by atoms with Gasteiger partial charge in [-0.05, 0) is 55.7 Å². The summed E-state index contributed by atoms with van der Waals surface area (Å²) >= 11 is 6.06. The predicted octanol–water partition coefficient (Wildman–Crippen LogP) is 4.07. The van der Waals surface area contributed by atoms with E-state index in [-0.39, 0.29) is 10.6 Å². The first kappa shape index (κ1) is 16.6. The van der Waals surface area contributed by atoms with Crippen LogP contribution in [0, 0.1) is 20.8 Å². The van der Waals surface area contributed by atoms with Gasteiger partial charge in [-0.3, -0.25) is 4.72 Å². The van der Waals surface area contributed by atoms with E-state index in [4.69, 9.17) is 16.3 Å². The van der Waals surface area contributed by atoms with Crippen LogP contribution in [0.25, 0.3) is 0 Å². The van der Waals surface area contributed by atoms with Crippen LogP contribution in [0.2, 0.25) is 5.02 Å². The summed E-state index contributed by atoms with van der Waals surface area (Å²) in [7, 11) is -2.36. The molecule has 0 atom stereocenters. The summed E-state index contributed by atoms with van der Waals surface area (Å²) in [5.41, 5.74) is 3.18. The summed E-state index contributed by atoms with van der Waals surface area (Å²) in [5, 5.41) is 0.377. The zero-order valence-corrected chi connectivity index (χ0v) is 14.5. The molecule has 0 amide bonds. The second-order valence-electron chi connectivity index (χ2n) is 5.11. The summed E-state index contributed by atoms with van der Waals surface area (Å²) in [6.07, 6.45) is 0. The molecule has 0 aliphatic rings. The fourth-order valence-corrected chi connectivity index (χ4v) is 3.60. The van der Waals surface area contributed by atoms with Crippen molar-refractivity contribution in [1.82, 2.24) is 0 Å². The minimum absolute atomic E-state index is 0.0199. The maximum Gasteiger partial charge on any atom is 0.265 e. The number of hydrogen-bond acceptors (Lipinski definition) is 3. The largest absolute Gasteiger partial charge is 0.495 e. The lowest BCUT2D eigenvalue weighted by atomic mass is 10.1. The number of hydrogen-bond donors (Lipinski definition) is 1. The minimum Gasteiger partial charge on any atom is -0.495 e. The Labute approximate surface area is 136 Å². The third-order valence-corrected chi connectivity index (χ3v) is 5.38. The smallest absolute Gasteiger partial charge is 0.265 e. The molecule has 2 aromatic rings. The van der Waals surface area contributed by atoms with E-state index in [2.05, 4.69) is 4.72 Å². The van der Waals surface area contributed by atoms with Crippen LogP contribution in [0.4, 0.5) is 5.69 Å². The van der Waals surface area contributed by atoms with Gasteiger partial charge < -0.3 is 4.74 Å². The Hall–Kier alpha value is -1.72. The molecule has 0 saturated heterocycles. The first-order valence-corrected chi connectivity index (χ1v) is 8.55. The van der Waals surface area contributed by atoms with Gasteiger partial charge in [-0.1, -0.05) is 23.7 Å². The van der Waals surface area contributed by atoms with Gasteiger partial charge in [-0.25, -0.2) is 8.42 Å². The Kier molecular flexibility index (Phi) is 4.68. The fourth-order valence-electron chi connectivity index (χ4n) is 2.07. The monoisotopic (exact) mass is 339 g/mol. The van der Waals surface area contributed by atoms with E-state index < -0.39 is 10.0 Å². The van der Waals surface area contributed by atoms with Gasteiger partial charge in [-0.2, -0.15) is 0 Å². The summed E-state index contributed by atoms with van der Waals surface area (Å²) in [6.45, 7) is 5.59. The number of aryl methyl sites for hydroxylation is 2. The highest BCUT2D eigenvalue weighted by atomic mass is 35.5. The van der Waals surface area contributed by atoms with Crippen molar-refractivity contribution in [2.75, 3.05) is 11.8 Å². The van der Waals surface area contributed by atoms with Crippen molar-refractivity contribution in [2.45, 2.75) is 25.7 Å². The standard InChI is InChI=1S/C16H18ClNO3S/c1-10-6-5-7-14(12(10)3)18-22(19,20)16-9-13(17)11(2)8-15(16)21-4/h5-9,18H,1-4H3. The van der Waals surface area contributed by atoms with Gasteiger partial charge in [-0.15, -0.1) is 0 Å². The molecule has 0 bridgehead atoms. The number of benzene rings is 2.